The number of hydrogen-bond donors (Lipinski definition) is 1. The SMILES string of the molecule is CN(Cc1ccsc1)CC(CN)c1ccccc1. The van der Waals surface area contributed by atoms with E-state index in [-0.39, 0.29) is 0 Å². The molecule has 2 aromatic rings. The maximum Gasteiger partial charge on any atom is 0.0239 e. The molecular formula is C15H20N2S. The van der Waals surface area contributed by atoms with Gasteiger partial charge in [-0.25, -0.2) is 0 Å². The molecule has 0 aliphatic heterocycles. The van der Waals surface area contributed by atoms with Gasteiger partial charge in [0.25, 0.3) is 0 Å². The summed E-state index contributed by atoms with van der Waals surface area (Å²) in [5.41, 5.74) is 8.61. The second-order valence-corrected chi connectivity index (χ2v) is 5.45. The normalized spacial score (nSPS) is 12.8. The largest absolute Gasteiger partial charge is 0.330 e. The van der Waals surface area contributed by atoms with Gasteiger partial charge in [-0.3, -0.25) is 0 Å². The van der Waals surface area contributed by atoms with Gasteiger partial charge in [-0.15, -0.1) is 0 Å². The van der Waals surface area contributed by atoms with Gasteiger partial charge in [0.2, 0.25) is 0 Å². The van der Waals surface area contributed by atoms with Gasteiger partial charge in [0.05, 0.1) is 0 Å². The molecule has 18 heavy (non-hydrogen) atoms. The van der Waals surface area contributed by atoms with Crippen molar-refractivity contribution in [2.45, 2.75) is 12.5 Å². The number of nitrogens with two attached hydrogens (primary N) is 1. The molecule has 1 aromatic carbocycles. The molecule has 0 fully saturated rings. The predicted octanol–water partition coefficient (Wildman–Crippen LogP) is 2.92. The van der Waals surface area contributed by atoms with E-state index >= 15 is 0 Å². The lowest BCUT2D eigenvalue weighted by Crippen LogP contribution is -2.28. The third-order valence-electron chi connectivity index (χ3n) is 3.12. The maximum atomic E-state index is 5.90. The highest BCUT2D eigenvalue weighted by Crippen LogP contribution is 2.17. The van der Waals surface area contributed by atoms with Crippen molar-refractivity contribution in [2.75, 3.05) is 20.1 Å². The lowest BCUT2D eigenvalue weighted by molar-refractivity contribution is 0.305. The Balaban J connectivity index is 1.94. The van der Waals surface area contributed by atoms with Crippen LogP contribution in [0.15, 0.2) is 47.2 Å². The molecule has 1 atom stereocenters. The molecule has 2 N–H and O–H groups in total. The van der Waals surface area contributed by atoms with Crippen LogP contribution in [0, 0.1) is 0 Å². The molecule has 2 rings (SSSR count). The second kappa shape index (κ2) is 6.69. The van der Waals surface area contributed by atoms with Crippen LogP contribution in [0.3, 0.4) is 0 Å². The molecule has 0 radical (unpaired) electrons. The standard InChI is InChI=1S/C15H20N2S/c1-17(10-13-7-8-18-12-13)11-15(9-16)14-5-3-2-4-6-14/h2-8,12,15H,9-11,16H2,1H3. The number of benzene rings is 1. The number of thiophene rings is 1. The van der Waals surface area contributed by atoms with Crippen LogP contribution in [0.4, 0.5) is 0 Å². The number of likely N-dealkylation sites (N-methyl/N-ethyl adjacent to an activating group) is 1. The van der Waals surface area contributed by atoms with Crippen molar-refractivity contribution in [2.24, 2.45) is 5.73 Å². The molecule has 0 aliphatic carbocycles. The molecule has 0 spiro atoms. The Labute approximate surface area is 113 Å². The van der Waals surface area contributed by atoms with E-state index in [1.54, 1.807) is 11.3 Å². The molecule has 1 unspecified atom stereocenters. The van der Waals surface area contributed by atoms with Gasteiger partial charge < -0.3 is 10.6 Å². The minimum absolute atomic E-state index is 0.412. The molecule has 0 saturated carbocycles. The van der Waals surface area contributed by atoms with Gasteiger partial charge in [-0.05, 0) is 35.0 Å². The van der Waals surface area contributed by atoms with Crippen molar-refractivity contribution in [3.05, 3.63) is 58.3 Å². The van der Waals surface area contributed by atoms with Crippen LogP contribution in [0.25, 0.3) is 0 Å². The van der Waals surface area contributed by atoms with E-state index in [1.165, 1.54) is 11.1 Å². The minimum Gasteiger partial charge on any atom is -0.330 e. The molecule has 96 valence electrons. The molecule has 0 aliphatic rings. The fourth-order valence-electron chi connectivity index (χ4n) is 2.18. The first kappa shape index (κ1) is 13.3. The van der Waals surface area contributed by atoms with E-state index in [1.807, 2.05) is 6.07 Å². The van der Waals surface area contributed by atoms with Crippen LogP contribution in [-0.2, 0) is 6.54 Å². The average molecular weight is 260 g/mol. The van der Waals surface area contributed by atoms with Crippen molar-refractivity contribution >= 4 is 11.3 Å². The third kappa shape index (κ3) is 3.67. The number of nitrogens with zero attached hydrogens (tertiary/aromatic N) is 1. The fourth-order valence-corrected chi connectivity index (χ4v) is 2.84. The average Bonchev–Trinajstić information content (AvgIpc) is 2.90. The number of rotatable bonds is 6. The van der Waals surface area contributed by atoms with Crippen molar-refractivity contribution in [1.29, 1.82) is 0 Å². The summed E-state index contributed by atoms with van der Waals surface area (Å²) in [6, 6.07) is 12.7. The Morgan fingerprint density at radius 1 is 1.22 bits per heavy atom. The Morgan fingerprint density at radius 3 is 2.61 bits per heavy atom. The molecule has 0 saturated heterocycles. The van der Waals surface area contributed by atoms with E-state index in [0.717, 1.165) is 13.1 Å². The monoisotopic (exact) mass is 260 g/mol. The maximum absolute atomic E-state index is 5.90. The van der Waals surface area contributed by atoms with E-state index in [0.29, 0.717) is 12.5 Å². The van der Waals surface area contributed by atoms with Gasteiger partial charge in [0, 0.05) is 25.6 Å². The van der Waals surface area contributed by atoms with E-state index in [2.05, 4.69) is 53.0 Å². The summed E-state index contributed by atoms with van der Waals surface area (Å²) in [7, 11) is 2.16. The third-order valence-corrected chi connectivity index (χ3v) is 3.85. The fraction of sp³-hybridized carbons (Fsp3) is 0.333. The minimum atomic E-state index is 0.412. The first-order chi connectivity index (χ1) is 8.79. The zero-order chi connectivity index (χ0) is 12.8. The van der Waals surface area contributed by atoms with Crippen molar-refractivity contribution in [3.63, 3.8) is 0 Å². The molecule has 1 aromatic heterocycles. The summed E-state index contributed by atoms with van der Waals surface area (Å²) in [5.74, 6) is 0.412. The van der Waals surface area contributed by atoms with Crippen LogP contribution < -0.4 is 5.73 Å². The molecule has 0 amide bonds. The first-order valence-electron chi connectivity index (χ1n) is 6.24. The van der Waals surface area contributed by atoms with Gasteiger partial charge in [0.1, 0.15) is 0 Å². The molecule has 2 nitrogen and oxygen atoms in total. The second-order valence-electron chi connectivity index (χ2n) is 4.67. The van der Waals surface area contributed by atoms with Crippen molar-refractivity contribution in [3.8, 4) is 0 Å². The van der Waals surface area contributed by atoms with Gasteiger partial charge in [0.15, 0.2) is 0 Å². The van der Waals surface area contributed by atoms with Crippen molar-refractivity contribution in [1.82, 2.24) is 4.90 Å². The summed E-state index contributed by atoms with van der Waals surface area (Å²) in [6.45, 7) is 2.68. The smallest absolute Gasteiger partial charge is 0.0239 e. The summed E-state index contributed by atoms with van der Waals surface area (Å²) in [4.78, 5) is 2.34. The lowest BCUT2D eigenvalue weighted by atomic mass is 9.99. The first-order valence-corrected chi connectivity index (χ1v) is 7.18. The van der Waals surface area contributed by atoms with Crippen molar-refractivity contribution < 1.29 is 0 Å². The highest BCUT2D eigenvalue weighted by Gasteiger charge is 2.12. The van der Waals surface area contributed by atoms with Crippen LogP contribution in [-0.4, -0.2) is 25.0 Å². The van der Waals surface area contributed by atoms with E-state index < -0.39 is 0 Å². The molecule has 3 heteroatoms. The van der Waals surface area contributed by atoms with Gasteiger partial charge >= 0.3 is 0 Å². The molecular weight excluding hydrogens is 240 g/mol. The topological polar surface area (TPSA) is 29.3 Å². The van der Waals surface area contributed by atoms with Gasteiger partial charge in [-0.2, -0.15) is 11.3 Å². The van der Waals surface area contributed by atoms with Gasteiger partial charge in [-0.1, -0.05) is 30.3 Å². The summed E-state index contributed by atoms with van der Waals surface area (Å²) in [5, 5.41) is 4.33. The highest BCUT2D eigenvalue weighted by molar-refractivity contribution is 7.07. The molecule has 0 bridgehead atoms. The summed E-state index contributed by atoms with van der Waals surface area (Å²) >= 11 is 1.75. The Bertz CT molecular complexity index is 439. The summed E-state index contributed by atoms with van der Waals surface area (Å²) < 4.78 is 0. The predicted molar refractivity (Wildman–Crippen MR) is 78.9 cm³/mol. The lowest BCUT2D eigenvalue weighted by Gasteiger charge is -2.23. The zero-order valence-electron chi connectivity index (χ0n) is 10.8. The Morgan fingerprint density at radius 2 is 2.00 bits per heavy atom. The Kier molecular flexibility index (Phi) is 4.93. The van der Waals surface area contributed by atoms with Crippen LogP contribution in [0.1, 0.15) is 17.0 Å². The van der Waals surface area contributed by atoms with Crippen LogP contribution >= 0.6 is 11.3 Å². The number of hydrogen-bond acceptors (Lipinski definition) is 3. The quantitative estimate of drug-likeness (QED) is 0.865. The Hall–Kier alpha value is -1.16. The van der Waals surface area contributed by atoms with E-state index in [9.17, 15) is 0 Å². The van der Waals surface area contributed by atoms with E-state index in [4.69, 9.17) is 5.73 Å². The zero-order valence-corrected chi connectivity index (χ0v) is 11.6. The highest BCUT2D eigenvalue weighted by atomic mass is 32.1. The van der Waals surface area contributed by atoms with Crippen LogP contribution in [0.2, 0.25) is 0 Å². The molecule has 1 heterocycles. The van der Waals surface area contributed by atoms with Crippen LogP contribution in [0.5, 0.6) is 0 Å². The summed E-state index contributed by atoms with van der Waals surface area (Å²) in [6.07, 6.45) is 0.